The lowest BCUT2D eigenvalue weighted by Crippen LogP contribution is -2.19. The van der Waals surface area contributed by atoms with E-state index >= 15 is 0 Å². The Morgan fingerprint density at radius 1 is 0.800 bits per heavy atom. The minimum atomic E-state index is -0.606. The van der Waals surface area contributed by atoms with E-state index in [4.69, 9.17) is 9.47 Å². The molecule has 0 saturated heterocycles. The molecule has 174 valence electrons. The lowest BCUT2D eigenvalue weighted by molar-refractivity contribution is -0.0269. The molecule has 2 unspecified atom stereocenters. The summed E-state index contributed by atoms with van der Waals surface area (Å²) in [5.74, 6) is 0.881. The van der Waals surface area contributed by atoms with Crippen molar-refractivity contribution in [3.05, 3.63) is 35.9 Å². The second kappa shape index (κ2) is 20.2. The van der Waals surface area contributed by atoms with Crippen molar-refractivity contribution in [2.45, 2.75) is 103 Å². The maximum Gasteiger partial charge on any atom is 0.0810 e. The normalized spacial score (nSPS) is 13.4. The molecule has 1 rings (SSSR count). The third kappa shape index (κ3) is 17.0. The molecule has 1 aromatic carbocycles. The van der Waals surface area contributed by atoms with E-state index in [1.54, 1.807) is 6.26 Å². The smallest absolute Gasteiger partial charge is 0.0810 e. The van der Waals surface area contributed by atoms with Gasteiger partial charge in [0.2, 0.25) is 0 Å². The van der Waals surface area contributed by atoms with Crippen molar-refractivity contribution in [1.29, 1.82) is 0 Å². The Bertz CT molecular complexity index is 506. The molecule has 0 heterocycles. The highest BCUT2D eigenvalue weighted by Crippen LogP contribution is 2.12. The molecule has 0 radical (unpaired) electrons. The quantitative estimate of drug-likeness (QED) is 0.193. The van der Waals surface area contributed by atoms with Crippen LogP contribution in [0.2, 0.25) is 0 Å². The Morgan fingerprint density at radius 2 is 1.33 bits per heavy atom. The zero-order chi connectivity index (χ0) is 21.7. The van der Waals surface area contributed by atoms with Gasteiger partial charge in [0.25, 0.3) is 0 Å². The van der Waals surface area contributed by atoms with Crippen molar-refractivity contribution in [1.82, 2.24) is 0 Å². The van der Waals surface area contributed by atoms with Crippen molar-refractivity contribution in [3.8, 4) is 0 Å². The molecule has 2 atom stereocenters. The zero-order valence-electron chi connectivity index (χ0n) is 19.6. The summed E-state index contributed by atoms with van der Waals surface area (Å²) in [7, 11) is -0.606. The van der Waals surface area contributed by atoms with Crippen LogP contribution >= 0.6 is 0 Å². The summed E-state index contributed by atoms with van der Waals surface area (Å²) in [4.78, 5) is 0. The average molecular weight is 439 g/mol. The van der Waals surface area contributed by atoms with Crippen molar-refractivity contribution in [2.75, 3.05) is 25.2 Å². The van der Waals surface area contributed by atoms with E-state index in [1.165, 1.54) is 69.8 Å². The summed E-state index contributed by atoms with van der Waals surface area (Å²) in [6.45, 7) is 4.40. The van der Waals surface area contributed by atoms with Gasteiger partial charge in [-0.1, -0.05) is 101 Å². The van der Waals surface area contributed by atoms with Gasteiger partial charge in [-0.3, -0.25) is 4.21 Å². The minimum absolute atomic E-state index is 0.195. The highest BCUT2D eigenvalue weighted by Gasteiger charge is 2.07. The largest absolute Gasteiger partial charge is 0.379 e. The van der Waals surface area contributed by atoms with Gasteiger partial charge in [0.05, 0.1) is 19.3 Å². The molecular formula is C26H46O3S. The van der Waals surface area contributed by atoms with Crippen LogP contribution in [-0.2, 0) is 26.9 Å². The number of rotatable bonds is 21. The Labute approximate surface area is 188 Å². The molecule has 0 amide bonds. The first-order valence-corrected chi connectivity index (χ1v) is 14.0. The molecule has 0 saturated carbocycles. The predicted molar refractivity (Wildman–Crippen MR) is 130 cm³/mol. The number of benzene rings is 1. The standard InChI is InChI=1S/C26H46O3S/c1-3-26(29-23-25-19-15-14-16-20-25)24-28-21-17-12-10-8-6-4-5-7-9-11-13-18-22-30(2)27/h14-16,19-20,26H,3-13,17-18,21-24H2,1-2H3. The fourth-order valence-electron chi connectivity index (χ4n) is 3.56. The maximum atomic E-state index is 11.0. The number of ether oxygens (including phenoxy) is 2. The van der Waals surface area contributed by atoms with Crippen LogP contribution in [-0.4, -0.2) is 35.5 Å². The van der Waals surface area contributed by atoms with Gasteiger partial charge in [-0.05, 0) is 24.8 Å². The molecule has 0 aliphatic carbocycles. The van der Waals surface area contributed by atoms with E-state index in [-0.39, 0.29) is 6.10 Å². The van der Waals surface area contributed by atoms with Crippen molar-refractivity contribution in [2.24, 2.45) is 0 Å². The van der Waals surface area contributed by atoms with Gasteiger partial charge in [0.1, 0.15) is 0 Å². The number of unbranched alkanes of at least 4 members (excludes halogenated alkanes) is 11. The van der Waals surface area contributed by atoms with Crippen LogP contribution in [0.5, 0.6) is 0 Å². The van der Waals surface area contributed by atoms with Crippen molar-refractivity contribution >= 4 is 10.8 Å². The van der Waals surface area contributed by atoms with E-state index in [0.717, 1.165) is 31.6 Å². The fourth-order valence-corrected chi connectivity index (χ4v) is 4.17. The van der Waals surface area contributed by atoms with Gasteiger partial charge in [0, 0.05) is 29.4 Å². The van der Waals surface area contributed by atoms with Gasteiger partial charge in [-0.25, -0.2) is 0 Å². The average Bonchev–Trinajstić information content (AvgIpc) is 2.76. The van der Waals surface area contributed by atoms with Gasteiger partial charge in [-0.2, -0.15) is 0 Å². The van der Waals surface area contributed by atoms with E-state index in [9.17, 15) is 4.21 Å². The van der Waals surface area contributed by atoms with E-state index in [2.05, 4.69) is 31.2 Å². The van der Waals surface area contributed by atoms with Gasteiger partial charge >= 0.3 is 0 Å². The molecular weight excluding hydrogens is 392 g/mol. The SMILES string of the molecule is CCC(COCCCCCCCCCCCCCCS(C)=O)OCc1ccccc1. The fraction of sp³-hybridized carbons (Fsp3) is 0.769. The Morgan fingerprint density at radius 3 is 1.87 bits per heavy atom. The molecule has 0 bridgehead atoms. The Kier molecular flexibility index (Phi) is 18.4. The molecule has 4 heteroatoms. The molecule has 1 aromatic rings. The monoisotopic (exact) mass is 438 g/mol. The third-order valence-electron chi connectivity index (χ3n) is 5.56. The van der Waals surface area contributed by atoms with E-state index < -0.39 is 10.8 Å². The topological polar surface area (TPSA) is 35.5 Å². The first-order valence-electron chi connectivity index (χ1n) is 12.3. The first kappa shape index (κ1) is 27.3. The van der Waals surface area contributed by atoms with E-state index in [1.807, 2.05) is 6.07 Å². The lowest BCUT2D eigenvalue weighted by Gasteiger charge is -2.16. The summed E-state index contributed by atoms with van der Waals surface area (Å²) in [5, 5.41) is 0. The number of hydrogen-bond donors (Lipinski definition) is 0. The van der Waals surface area contributed by atoms with Crippen LogP contribution in [0.15, 0.2) is 30.3 Å². The maximum absolute atomic E-state index is 11.0. The zero-order valence-corrected chi connectivity index (χ0v) is 20.4. The lowest BCUT2D eigenvalue weighted by atomic mass is 10.1. The summed E-state index contributed by atoms with van der Waals surface area (Å²) in [5.41, 5.74) is 1.22. The number of hydrogen-bond acceptors (Lipinski definition) is 3. The summed E-state index contributed by atoms with van der Waals surface area (Å²) in [6.07, 6.45) is 18.7. The van der Waals surface area contributed by atoms with Crippen molar-refractivity contribution in [3.63, 3.8) is 0 Å². The van der Waals surface area contributed by atoms with Crippen LogP contribution in [0, 0.1) is 0 Å². The summed E-state index contributed by atoms with van der Waals surface area (Å²) >= 11 is 0. The second-order valence-electron chi connectivity index (χ2n) is 8.42. The van der Waals surface area contributed by atoms with Gasteiger partial charge in [-0.15, -0.1) is 0 Å². The van der Waals surface area contributed by atoms with Crippen LogP contribution in [0.25, 0.3) is 0 Å². The highest BCUT2D eigenvalue weighted by molar-refractivity contribution is 7.84. The summed E-state index contributed by atoms with van der Waals surface area (Å²) < 4.78 is 22.8. The molecule has 0 spiro atoms. The molecule has 30 heavy (non-hydrogen) atoms. The summed E-state index contributed by atoms with van der Waals surface area (Å²) in [6, 6.07) is 10.3. The second-order valence-corrected chi connectivity index (χ2v) is 9.98. The van der Waals surface area contributed by atoms with Crippen LogP contribution < -0.4 is 0 Å². The highest BCUT2D eigenvalue weighted by atomic mass is 32.2. The first-order chi connectivity index (χ1) is 14.7. The minimum Gasteiger partial charge on any atom is -0.379 e. The Hall–Kier alpha value is -0.710. The molecule has 0 aliphatic heterocycles. The van der Waals surface area contributed by atoms with Crippen LogP contribution in [0.4, 0.5) is 0 Å². The van der Waals surface area contributed by atoms with Crippen molar-refractivity contribution < 1.29 is 13.7 Å². The predicted octanol–water partition coefficient (Wildman–Crippen LogP) is 7.06. The molecule has 0 N–H and O–H groups in total. The molecule has 0 aromatic heterocycles. The van der Waals surface area contributed by atoms with Crippen LogP contribution in [0.1, 0.15) is 96.0 Å². The molecule has 3 nitrogen and oxygen atoms in total. The molecule has 0 aliphatic rings. The van der Waals surface area contributed by atoms with E-state index in [0.29, 0.717) is 13.2 Å². The molecule has 0 fully saturated rings. The van der Waals surface area contributed by atoms with Gasteiger partial charge < -0.3 is 9.47 Å². The Balaban J connectivity index is 1.81. The van der Waals surface area contributed by atoms with Gasteiger partial charge in [0.15, 0.2) is 0 Å². The third-order valence-corrected chi connectivity index (χ3v) is 6.42. The van der Waals surface area contributed by atoms with Crippen LogP contribution in [0.3, 0.4) is 0 Å².